The molecule has 1 aliphatic rings. The molecule has 1 aliphatic heterocycles. The Balaban J connectivity index is 1.44. The highest BCUT2D eigenvalue weighted by molar-refractivity contribution is 7.89. The lowest BCUT2D eigenvalue weighted by Gasteiger charge is -2.36. The van der Waals surface area contributed by atoms with Crippen molar-refractivity contribution in [2.24, 2.45) is 0 Å². The van der Waals surface area contributed by atoms with Gasteiger partial charge in [0, 0.05) is 49.0 Å². The molecule has 0 unspecified atom stereocenters. The molecule has 1 heterocycles. The standard InChI is InChI=1S/C26H28ClN3O4S/c1-34-24-11-10-21(18-25(24)35(32,33)28-13-12-20-6-3-2-4-7-20)26(31)30-16-14-29(15-17-30)23-9-5-8-22(27)19-23/h2-11,18-19,28H,12-17H2,1H3. The molecule has 0 saturated carbocycles. The van der Waals surface area contributed by atoms with Crippen LogP contribution in [0.4, 0.5) is 5.69 Å². The third-order valence-corrected chi connectivity index (χ3v) is 7.71. The Morgan fingerprint density at radius 1 is 0.971 bits per heavy atom. The summed E-state index contributed by atoms with van der Waals surface area (Å²) in [6.07, 6.45) is 0.553. The van der Waals surface area contributed by atoms with Crippen molar-refractivity contribution in [3.63, 3.8) is 0 Å². The second-order valence-electron chi connectivity index (χ2n) is 8.26. The average molecular weight is 514 g/mol. The van der Waals surface area contributed by atoms with Crippen molar-refractivity contribution >= 4 is 33.2 Å². The summed E-state index contributed by atoms with van der Waals surface area (Å²) < 4.78 is 34.0. The smallest absolute Gasteiger partial charge is 0.254 e. The fraction of sp³-hybridized carbons (Fsp3) is 0.269. The van der Waals surface area contributed by atoms with E-state index in [0.717, 1.165) is 11.3 Å². The highest BCUT2D eigenvalue weighted by Crippen LogP contribution is 2.26. The first kappa shape index (κ1) is 25.0. The van der Waals surface area contributed by atoms with Crippen molar-refractivity contribution in [2.75, 3.05) is 44.7 Å². The summed E-state index contributed by atoms with van der Waals surface area (Å²) in [4.78, 5) is 17.1. The van der Waals surface area contributed by atoms with Gasteiger partial charge in [-0.25, -0.2) is 13.1 Å². The fourth-order valence-corrected chi connectivity index (χ4v) is 5.50. The first-order chi connectivity index (χ1) is 16.9. The van der Waals surface area contributed by atoms with Gasteiger partial charge < -0.3 is 14.5 Å². The second kappa shape index (κ2) is 11.1. The highest BCUT2D eigenvalue weighted by atomic mass is 35.5. The van der Waals surface area contributed by atoms with Gasteiger partial charge in [-0.3, -0.25) is 4.79 Å². The van der Waals surface area contributed by atoms with Gasteiger partial charge in [-0.15, -0.1) is 0 Å². The number of ether oxygens (including phenoxy) is 1. The zero-order valence-corrected chi connectivity index (χ0v) is 21.1. The van der Waals surface area contributed by atoms with E-state index in [0.29, 0.717) is 43.2 Å². The highest BCUT2D eigenvalue weighted by Gasteiger charge is 2.26. The number of amides is 1. The molecule has 3 aromatic carbocycles. The van der Waals surface area contributed by atoms with Gasteiger partial charge in [0.2, 0.25) is 10.0 Å². The minimum atomic E-state index is -3.88. The zero-order valence-electron chi connectivity index (χ0n) is 19.5. The van der Waals surface area contributed by atoms with Crippen molar-refractivity contribution < 1.29 is 17.9 Å². The molecule has 0 aliphatic carbocycles. The Bertz CT molecular complexity index is 1280. The summed E-state index contributed by atoms with van der Waals surface area (Å²) >= 11 is 6.11. The molecule has 35 heavy (non-hydrogen) atoms. The molecule has 1 N–H and O–H groups in total. The van der Waals surface area contributed by atoms with E-state index in [4.69, 9.17) is 16.3 Å². The number of hydrogen-bond donors (Lipinski definition) is 1. The van der Waals surface area contributed by atoms with Crippen LogP contribution >= 0.6 is 11.6 Å². The van der Waals surface area contributed by atoms with Crippen LogP contribution in [0.2, 0.25) is 5.02 Å². The predicted molar refractivity (Wildman–Crippen MR) is 138 cm³/mol. The maximum atomic E-state index is 13.2. The molecule has 0 atom stereocenters. The molecule has 7 nitrogen and oxygen atoms in total. The number of carbonyl (C=O) groups is 1. The molecule has 0 bridgehead atoms. The second-order valence-corrected chi connectivity index (χ2v) is 10.4. The third kappa shape index (κ3) is 6.14. The van der Waals surface area contributed by atoms with Crippen LogP contribution in [0, 0.1) is 0 Å². The Kier molecular flexibility index (Phi) is 7.95. The van der Waals surface area contributed by atoms with Crippen LogP contribution < -0.4 is 14.4 Å². The monoisotopic (exact) mass is 513 g/mol. The minimum Gasteiger partial charge on any atom is -0.495 e. The summed E-state index contributed by atoms with van der Waals surface area (Å²) in [5.41, 5.74) is 2.36. The van der Waals surface area contributed by atoms with Gasteiger partial charge in [0.15, 0.2) is 0 Å². The molecule has 184 valence electrons. The van der Waals surface area contributed by atoms with Gasteiger partial charge in [0.1, 0.15) is 10.6 Å². The van der Waals surface area contributed by atoms with Crippen molar-refractivity contribution in [2.45, 2.75) is 11.3 Å². The lowest BCUT2D eigenvalue weighted by molar-refractivity contribution is 0.0746. The molecule has 9 heteroatoms. The molecule has 4 rings (SSSR count). The molecule has 0 spiro atoms. The van der Waals surface area contributed by atoms with Crippen LogP contribution in [0.15, 0.2) is 77.7 Å². The maximum absolute atomic E-state index is 13.2. The Hall–Kier alpha value is -3.07. The van der Waals surface area contributed by atoms with Gasteiger partial charge in [0.05, 0.1) is 7.11 Å². The first-order valence-corrected chi connectivity index (χ1v) is 13.2. The quantitative estimate of drug-likeness (QED) is 0.495. The summed E-state index contributed by atoms with van der Waals surface area (Å²) in [6.45, 7) is 2.60. The number of nitrogens with zero attached hydrogens (tertiary/aromatic N) is 2. The number of anilines is 1. The van der Waals surface area contributed by atoms with Crippen LogP contribution in [-0.2, 0) is 16.4 Å². The number of benzene rings is 3. The lowest BCUT2D eigenvalue weighted by Crippen LogP contribution is -2.48. The van der Waals surface area contributed by atoms with Crippen LogP contribution in [-0.4, -0.2) is 59.1 Å². The van der Waals surface area contributed by atoms with Crippen molar-refractivity contribution in [1.82, 2.24) is 9.62 Å². The van der Waals surface area contributed by atoms with E-state index in [9.17, 15) is 13.2 Å². The lowest BCUT2D eigenvalue weighted by atomic mass is 10.1. The third-order valence-electron chi connectivity index (χ3n) is 5.99. The molecular weight excluding hydrogens is 486 g/mol. The number of sulfonamides is 1. The number of carbonyl (C=O) groups excluding carboxylic acids is 1. The van der Waals surface area contributed by atoms with Crippen molar-refractivity contribution in [3.05, 3.63) is 88.9 Å². The minimum absolute atomic E-state index is 0.0449. The van der Waals surface area contributed by atoms with E-state index in [1.807, 2.05) is 54.6 Å². The molecule has 0 radical (unpaired) electrons. The molecule has 1 saturated heterocycles. The van der Waals surface area contributed by atoms with Crippen LogP contribution in [0.1, 0.15) is 15.9 Å². The van der Waals surface area contributed by atoms with Crippen LogP contribution in [0.25, 0.3) is 0 Å². The van der Waals surface area contributed by atoms with E-state index in [-0.39, 0.29) is 23.1 Å². The van der Waals surface area contributed by atoms with Crippen molar-refractivity contribution in [3.8, 4) is 5.75 Å². The van der Waals surface area contributed by atoms with Gasteiger partial charge in [-0.2, -0.15) is 0 Å². The summed E-state index contributed by atoms with van der Waals surface area (Å²) in [6, 6.07) is 21.8. The van der Waals surface area contributed by atoms with Gasteiger partial charge in [0.25, 0.3) is 5.91 Å². The van der Waals surface area contributed by atoms with E-state index < -0.39 is 10.0 Å². The maximum Gasteiger partial charge on any atom is 0.254 e. The number of methoxy groups -OCH3 is 1. The Morgan fingerprint density at radius 2 is 1.71 bits per heavy atom. The summed E-state index contributed by atoms with van der Waals surface area (Å²) in [5.74, 6) is -0.0151. The van der Waals surface area contributed by atoms with E-state index in [1.54, 1.807) is 11.0 Å². The first-order valence-electron chi connectivity index (χ1n) is 11.4. The van der Waals surface area contributed by atoms with E-state index in [2.05, 4.69) is 9.62 Å². The Morgan fingerprint density at radius 3 is 2.40 bits per heavy atom. The van der Waals surface area contributed by atoms with Gasteiger partial charge >= 0.3 is 0 Å². The van der Waals surface area contributed by atoms with Crippen LogP contribution in [0.3, 0.4) is 0 Å². The SMILES string of the molecule is COc1ccc(C(=O)N2CCN(c3cccc(Cl)c3)CC2)cc1S(=O)(=O)NCCc1ccccc1. The number of halogens is 1. The summed E-state index contributed by atoms with van der Waals surface area (Å²) in [5, 5.41) is 0.672. The van der Waals surface area contributed by atoms with Gasteiger partial charge in [-0.1, -0.05) is 48.0 Å². The molecule has 3 aromatic rings. The number of nitrogens with one attached hydrogen (secondary N) is 1. The largest absolute Gasteiger partial charge is 0.495 e. The van der Waals surface area contributed by atoms with Crippen molar-refractivity contribution in [1.29, 1.82) is 0 Å². The van der Waals surface area contributed by atoms with E-state index >= 15 is 0 Å². The van der Waals surface area contributed by atoms with Gasteiger partial charge in [-0.05, 0) is 48.4 Å². The topological polar surface area (TPSA) is 79.0 Å². The number of rotatable bonds is 8. The van der Waals surface area contributed by atoms with E-state index in [1.165, 1.54) is 19.2 Å². The number of hydrogen-bond acceptors (Lipinski definition) is 5. The average Bonchev–Trinajstić information content (AvgIpc) is 2.88. The Labute approximate surface area is 211 Å². The summed E-state index contributed by atoms with van der Waals surface area (Å²) in [7, 11) is -2.46. The zero-order chi connectivity index (χ0) is 24.8. The number of piperazine rings is 1. The van der Waals surface area contributed by atoms with Crippen LogP contribution in [0.5, 0.6) is 5.75 Å². The predicted octanol–water partition coefficient (Wildman–Crippen LogP) is 3.83. The molecular formula is C26H28ClN3O4S. The molecule has 1 fully saturated rings. The normalized spacial score (nSPS) is 14.1. The molecule has 1 amide bonds. The fourth-order valence-electron chi connectivity index (χ4n) is 4.10. The molecule has 0 aromatic heterocycles.